The van der Waals surface area contributed by atoms with Crippen molar-refractivity contribution in [2.75, 3.05) is 10.8 Å². The third-order valence-corrected chi connectivity index (χ3v) is 4.75. The predicted octanol–water partition coefficient (Wildman–Crippen LogP) is 4.18. The molecule has 0 bridgehead atoms. The summed E-state index contributed by atoms with van der Waals surface area (Å²) >= 11 is 5.77. The molecule has 1 aromatic carbocycles. The number of benzene rings is 1. The van der Waals surface area contributed by atoms with Gasteiger partial charge in [0, 0.05) is 11.3 Å². The second-order valence-electron chi connectivity index (χ2n) is 6.13. The minimum absolute atomic E-state index is 0.135. The molecule has 5 heteroatoms. The molecule has 0 atom stereocenters. The summed E-state index contributed by atoms with van der Waals surface area (Å²) in [4.78, 5) is 18.5. The Morgan fingerprint density at radius 1 is 1.25 bits per heavy atom. The molecular formula is C19H20ClFN2O. The number of carbonyl (C=O) groups is 1. The van der Waals surface area contributed by atoms with Crippen LogP contribution in [0.3, 0.4) is 0 Å². The first-order chi connectivity index (χ1) is 11.6. The number of hydrogen-bond donors (Lipinski definition) is 0. The maximum absolute atomic E-state index is 14.2. The summed E-state index contributed by atoms with van der Waals surface area (Å²) < 4.78 is 14.2. The fourth-order valence-corrected chi connectivity index (χ4v) is 3.26. The van der Waals surface area contributed by atoms with Crippen molar-refractivity contribution >= 4 is 23.3 Å². The van der Waals surface area contributed by atoms with Crippen molar-refractivity contribution in [1.82, 2.24) is 4.98 Å². The molecule has 0 radical (unpaired) electrons. The highest BCUT2D eigenvalue weighted by atomic mass is 35.5. The van der Waals surface area contributed by atoms with Gasteiger partial charge in [-0.1, -0.05) is 18.2 Å². The average Bonchev–Trinajstić information content (AvgIpc) is 2.60. The van der Waals surface area contributed by atoms with Gasteiger partial charge in [-0.3, -0.25) is 9.69 Å². The molecule has 0 N–H and O–H groups in total. The van der Waals surface area contributed by atoms with E-state index in [1.807, 2.05) is 25.1 Å². The standard InChI is InChI=1S/C19H20ClFN2O/c1-13-5-4-7-16(21)15(13)12-23(19(24)11-20)18-10-9-14-6-2-3-8-17(14)22-18/h4-5,7,9-10H,2-3,6,8,11-12H2,1H3. The van der Waals surface area contributed by atoms with Crippen LogP contribution in [0.5, 0.6) is 0 Å². The molecule has 1 amide bonds. The summed E-state index contributed by atoms with van der Waals surface area (Å²) in [6, 6.07) is 8.78. The van der Waals surface area contributed by atoms with E-state index in [1.165, 1.54) is 23.0 Å². The van der Waals surface area contributed by atoms with E-state index < -0.39 is 0 Å². The van der Waals surface area contributed by atoms with E-state index >= 15 is 0 Å². The fraction of sp³-hybridized carbons (Fsp3) is 0.368. The highest BCUT2D eigenvalue weighted by molar-refractivity contribution is 6.29. The first-order valence-corrected chi connectivity index (χ1v) is 8.72. The fourth-order valence-electron chi connectivity index (χ4n) is 3.11. The highest BCUT2D eigenvalue weighted by Crippen LogP contribution is 2.25. The van der Waals surface area contributed by atoms with Crippen molar-refractivity contribution in [2.45, 2.75) is 39.2 Å². The maximum atomic E-state index is 14.2. The van der Waals surface area contributed by atoms with Crippen LogP contribution in [0.25, 0.3) is 0 Å². The summed E-state index contributed by atoms with van der Waals surface area (Å²) in [6.07, 6.45) is 4.23. The number of rotatable bonds is 4. The first-order valence-electron chi connectivity index (χ1n) is 8.19. The van der Waals surface area contributed by atoms with Crippen LogP contribution < -0.4 is 4.90 Å². The lowest BCUT2D eigenvalue weighted by Gasteiger charge is -2.24. The molecule has 24 heavy (non-hydrogen) atoms. The lowest BCUT2D eigenvalue weighted by atomic mass is 9.96. The Kier molecular flexibility index (Phi) is 5.14. The van der Waals surface area contributed by atoms with Gasteiger partial charge in [0.15, 0.2) is 0 Å². The molecule has 0 aliphatic heterocycles. The summed E-state index contributed by atoms with van der Waals surface area (Å²) in [5.74, 6) is -0.210. The number of aromatic nitrogens is 1. The molecule has 126 valence electrons. The Morgan fingerprint density at radius 3 is 2.79 bits per heavy atom. The molecule has 0 saturated heterocycles. The largest absolute Gasteiger partial charge is 0.291 e. The molecule has 0 spiro atoms. The number of anilines is 1. The Balaban J connectivity index is 1.97. The molecule has 0 unspecified atom stereocenters. The van der Waals surface area contributed by atoms with Gasteiger partial charge in [-0.25, -0.2) is 9.37 Å². The van der Waals surface area contributed by atoms with Crippen molar-refractivity contribution in [3.8, 4) is 0 Å². The van der Waals surface area contributed by atoms with E-state index in [0.29, 0.717) is 11.4 Å². The van der Waals surface area contributed by atoms with Crippen LogP contribution in [0.2, 0.25) is 0 Å². The van der Waals surface area contributed by atoms with Crippen molar-refractivity contribution in [3.05, 3.63) is 58.5 Å². The zero-order valence-corrected chi connectivity index (χ0v) is 14.4. The topological polar surface area (TPSA) is 33.2 Å². The van der Waals surface area contributed by atoms with Crippen molar-refractivity contribution in [3.63, 3.8) is 0 Å². The molecular weight excluding hydrogens is 327 g/mol. The normalized spacial score (nSPS) is 13.5. The number of pyridine rings is 1. The zero-order chi connectivity index (χ0) is 17.1. The van der Waals surface area contributed by atoms with Gasteiger partial charge in [-0.15, -0.1) is 11.6 Å². The Bertz CT molecular complexity index is 743. The van der Waals surface area contributed by atoms with Crippen LogP contribution >= 0.6 is 11.6 Å². The maximum Gasteiger partial charge on any atom is 0.243 e. The average molecular weight is 347 g/mol. The minimum atomic E-state index is -0.319. The van der Waals surface area contributed by atoms with Gasteiger partial charge in [0.2, 0.25) is 5.91 Å². The van der Waals surface area contributed by atoms with Gasteiger partial charge in [0.05, 0.1) is 6.54 Å². The van der Waals surface area contributed by atoms with Crippen LogP contribution in [-0.2, 0) is 24.2 Å². The van der Waals surface area contributed by atoms with Gasteiger partial charge in [-0.05, 0) is 55.9 Å². The number of alkyl halides is 1. The lowest BCUT2D eigenvalue weighted by molar-refractivity contribution is -0.116. The molecule has 2 aromatic rings. The second kappa shape index (κ2) is 7.31. The third kappa shape index (κ3) is 3.44. The van der Waals surface area contributed by atoms with Crippen molar-refractivity contribution in [2.24, 2.45) is 0 Å². The van der Waals surface area contributed by atoms with Gasteiger partial charge in [-0.2, -0.15) is 0 Å². The summed E-state index contributed by atoms with van der Waals surface area (Å²) in [7, 11) is 0. The van der Waals surface area contributed by atoms with Crippen LogP contribution in [0.15, 0.2) is 30.3 Å². The van der Waals surface area contributed by atoms with Crippen LogP contribution in [0, 0.1) is 12.7 Å². The molecule has 0 fully saturated rings. The SMILES string of the molecule is Cc1cccc(F)c1CN(C(=O)CCl)c1ccc2c(n1)CCCC2. The number of amides is 1. The van der Waals surface area contributed by atoms with Crippen LogP contribution in [0.4, 0.5) is 10.2 Å². The molecule has 0 saturated carbocycles. The van der Waals surface area contributed by atoms with Crippen molar-refractivity contribution < 1.29 is 9.18 Å². The van der Waals surface area contributed by atoms with Gasteiger partial charge < -0.3 is 0 Å². The molecule has 1 aromatic heterocycles. The first kappa shape index (κ1) is 16.9. The highest BCUT2D eigenvalue weighted by Gasteiger charge is 2.21. The Hall–Kier alpha value is -1.94. The smallest absolute Gasteiger partial charge is 0.243 e. The monoisotopic (exact) mass is 346 g/mol. The number of carbonyl (C=O) groups excluding carboxylic acids is 1. The van der Waals surface area contributed by atoms with E-state index in [0.717, 1.165) is 30.5 Å². The van der Waals surface area contributed by atoms with E-state index in [-0.39, 0.29) is 24.1 Å². The number of halogens is 2. The molecule has 1 aliphatic rings. The van der Waals surface area contributed by atoms with Gasteiger partial charge in [0.25, 0.3) is 0 Å². The van der Waals surface area contributed by atoms with Crippen molar-refractivity contribution in [1.29, 1.82) is 0 Å². The molecule has 1 heterocycles. The number of hydrogen-bond acceptors (Lipinski definition) is 2. The van der Waals surface area contributed by atoms with Gasteiger partial charge in [0.1, 0.15) is 17.5 Å². The summed E-state index contributed by atoms with van der Waals surface area (Å²) in [6.45, 7) is 1.97. The van der Waals surface area contributed by atoms with Crippen LogP contribution in [-0.4, -0.2) is 16.8 Å². The molecule has 3 nitrogen and oxygen atoms in total. The number of aryl methyl sites for hydroxylation is 3. The lowest BCUT2D eigenvalue weighted by Crippen LogP contribution is -2.33. The minimum Gasteiger partial charge on any atom is -0.291 e. The summed E-state index contributed by atoms with van der Waals surface area (Å²) in [5.41, 5.74) is 3.58. The Labute approximate surface area is 146 Å². The molecule has 3 rings (SSSR count). The van der Waals surface area contributed by atoms with Crippen LogP contribution in [0.1, 0.15) is 35.2 Å². The summed E-state index contributed by atoms with van der Waals surface area (Å²) in [5, 5.41) is 0. The molecule has 1 aliphatic carbocycles. The van der Waals surface area contributed by atoms with E-state index in [1.54, 1.807) is 6.07 Å². The Morgan fingerprint density at radius 2 is 2.04 bits per heavy atom. The predicted molar refractivity (Wildman–Crippen MR) is 93.9 cm³/mol. The zero-order valence-electron chi connectivity index (χ0n) is 13.7. The van der Waals surface area contributed by atoms with Gasteiger partial charge >= 0.3 is 0 Å². The number of nitrogens with zero attached hydrogens (tertiary/aromatic N) is 2. The van der Waals surface area contributed by atoms with E-state index in [2.05, 4.69) is 4.98 Å². The quantitative estimate of drug-likeness (QED) is 0.778. The van der Waals surface area contributed by atoms with E-state index in [9.17, 15) is 9.18 Å². The third-order valence-electron chi connectivity index (χ3n) is 4.52. The van der Waals surface area contributed by atoms with E-state index in [4.69, 9.17) is 11.6 Å². The number of fused-ring (bicyclic) bond motifs is 1. The second-order valence-corrected chi connectivity index (χ2v) is 6.40.